The lowest BCUT2D eigenvalue weighted by molar-refractivity contribution is 0.726. The number of aliphatic imine (C=N–C) groups is 1. The molecule has 0 radical (unpaired) electrons. The first-order chi connectivity index (χ1) is 6.16. The van der Waals surface area contributed by atoms with E-state index in [-0.39, 0.29) is 0 Å². The summed E-state index contributed by atoms with van der Waals surface area (Å²) in [6.07, 6.45) is 1.06. The van der Waals surface area contributed by atoms with Gasteiger partial charge in [0.05, 0.1) is 6.04 Å². The van der Waals surface area contributed by atoms with Crippen molar-refractivity contribution < 1.29 is 0 Å². The summed E-state index contributed by atoms with van der Waals surface area (Å²) < 4.78 is 1.16. The number of benzene rings is 1. The monoisotopic (exact) mass is 237 g/mol. The van der Waals surface area contributed by atoms with E-state index in [0.717, 1.165) is 10.9 Å². The van der Waals surface area contributed by atoms with Gasteiger partial charge in [-0.05, 0) is 43.5 Å². The maximum atomic E-state index is 4.56. The third-order valence-corrected chi connectivity index (χ3v) is 2.88. The molecule has 68 valence electrons. The van der Waals surface area contributed by atoms with Gasteiger partial charge >= 0.3 is 0 Å². The Labute approximate surface area is 87.0 Å². The fourth-order valence-corrected chi connectivity index (χ4v) is 2.26. The van der Waals surface area contributed by atoms with E-state index in [1.807, 2.05) is 0 Å². The summed E-state index contributed by atoms with van der Waals surface area (Å²) in [6.45, 7) is 4.25. The molecule has 0 bridgehead atoms. The number of rotatable bonds is 0. The minimum absolute atomic E-state index is 0.432. The van der Waals surface area contributed by atoms with Gasteiger partial charge in [-0.25, -0.2) is 0 Å². The van der Waals surface area contributed by atoms with Crippen LogP contribution >= 0.6 is 15.9 Å². The Morgan fingerprint density at radius 3 is 3.00 bits per heavy atom. The molecule has 1 aliphatic rings. The van der Waals surface area contributed by atoms with Crippen LogP contribution in [0, 0.1) is 0 Å². The molecular formula is C11H12BrN. The Kier molecular flexibility index (Phi) is 2.24. The van der Waals surface area contributed by atoms with Crippen molar-refractivity contribution in [1.82, 2.24) is 0 Å². The molecule has 1 aliphatic heterocycles. The largest absolute Gasteiger partial charge is 0.286 e. The van der Waals surface area contributed by atoms with Crippen molar-refractivity contribution in [3.8, 4) is 0 Å². The van der Waals surface area contributed by atoms with Gasteiger partial charge in [0.25, 0.3) is 0 Å². The third kappa shape index (κ3) is 1.68. The molecule has 2 rings (SSSR count). The quantitative estimate of drug-likeness (QED) is 0.658. The van der Waals surface area contributed by atoms with Crippen LogP contribution in [0.25, 0.3) is 0 Å². The van der Waals surface area contributed by atoms with E-state index < -0.39 is 0 Å². The predicted octanol–water partition coefficient (Wildman–Crippen LogP) is 3.20. The van der Waals surface area contributed by atoms with Gasteiger partial charge < -0.3 is 0 Å². The summed E-state index contributed by atoms with van der Waals surface area (Å²) in [6, 6.07) is 6.85. The van der Waals surface area contributed by atoms with Crippen molar-refractivity contribution in [2.24, 2.45) is 4.99 Å². The first-order valence-electron chi connectivity index (χ1n) is 4.50. The molecule has 2 heteroatoms. The zero-order chi connectivity index (χ0) is 9.42. The molecule has 0 amide bonds. The normalized spacial score (nSPS) is 20.8. The smallest absolute Gasteiger partial charge is 0.0515 e. The highest BCUT2D eigenvalue weighted by atomic mass is 79.9. The van der Waals surface area contributed by atoms with E-state index in [1.165, 1.54) is 16.8 Å². The Morgan fingerprint density at radius 2 is 2.23 bits per heavy atom. The van der Waals surface area contributed by atoms with Gasteiger partial charge in [0, 0.05) is 10.2 Å². The third-order valence-electron chi connectivity index (χ3n) is 2.39. The van der Waals surface area contributed by atoms with Crippen LogP contribution < -0.4 is 0 Å². The van der Waals surface area contributed by atoms with Crippen LogP contribution in [-0.4, -0.2) is 11.8 Å². The molecule has 0 saturated heterocycles. The summed E-state index contributed by atoms with van der Waals surface area (Å²) in [7, 11) is 0. The second kappa shape index (κ2) is 3.26. The van der Waals surface area contributed by atoms with E-state index in [9.17, 15) is 0 Å². The van der Waals surface area contributed by atoms with Crippen LogP contribution in [-0.2, 0) is 6.42 Å². The SMILES string of the molecule is CC1=NC(C)Cc2cc(Br)ccc21. The highest BCUT2D eigenvalue weighted by Crippen LogP contribution is 2.23. The number of hydrogen-bond donors (Lipinski definition) is 0. The second-order valence-corrected chi connectivity index (χ2v) is 4.48. The molecule has 0 N–H and O–H groups in total. The molecule has 1 unspecified atom stereocenters. The number of nitrogens with zero attached hydrogens (tertiary/aromatic N) is 1. The van der Waals surface area contributed by atoms with E-state index in [1.54, 1.807) is 0 Å². The molecule has 0 spiro atoms. The van der Waals surface area contributed by atoms with E-state index in [0.29, 0.717) is 6.04 Å². The van der Waals surface area contributed by atoms with Crippen LogP contribution in [0.4, 0.5) is 0 Å². The van der Waals surface area contributed by atoms with Crippen molar-refractivity contribution in [3.05, 3.63) is 33.8 Å². The fraction of sp³-hybridized carbons (Fsp3) is 0.364. The lowest BCUT2D eigenvalue weighted by Gasteiger charge is -2.19. The highest BCUT2D eigenvalue weighted by Gasteiger charge is 2.14. The van der Waals surface area contributed by atoms with Crippen molar-refractivity contribution in [2.45, 2.75) is 26.3 Å². The van der Waals surface area contributed by atoms with Gasteiger partial charge in [0.15, 0.2) is 0 Å². The number of hydrogen-bond acceptors (Lipinski definition) is 1. The van der Waals surface area contributed by atoms with Crippen LogP contribution in [0.3, 0.4) is 0 Å². The van der Waals surface area contributed by atoms with Gasteiger partial charge in [-0.1, -0.05) is 22.0 Å². The first-order valence-corrected chi connectivity index (χ1v) is 5.29. The zero-order valence-corrected chi connectivity index (χ0v) is 9.43. The summed E-state index contributed by atoms with van der Waals surface area (Å²) in [4.78, 5) is 4.56. The second-order valence-electron chi connectivity index (χ2n) is 3.57. The maximum Gasteiger partial charge on any atom is 0.0515 e. The topological polar surface area (TPSA) is 12.4 Å². The van der Waals surface area contributed by atoms with Gasteiger partial charge in [-0.2, -0.15) is 0 Å². The molecule has 0 saturated carbocycles. The number of fused-ring (bicyclic) bond motifs is 1. The van der Waals surface area contributed by atoms with Gasteiger partial charge in [-0.15, -0.1) is 0 Å². The summed E-state index contributed by atoms with van der Waals surface area (Å²) >= 11 is 3.49. The Bertz CT molecular complexity index is 368. The van der Waals surface area contributed by atoms with Crippen molar-refractivity contribution in [3.63, 3.8) is 0 Å². The standard InChI is InChI=1S/C11H12BrN/c1-7-5-9-6-10(12)3-4-11(9)8(2)13-7/h3-4,6-7H,5H2,1-2H3. The predicted molar refractivity (Wildman–Crippen MR) is 59.5 cm³/mol. The summed E-state index contributed by atoms with van der Waals surface area (Å²) in [5, 5.41) is 0. The minimum Gasteiger partial charge on any atom is -0.286 e. The van der Waals surface area contributed by atoms with Crippen LogP contribution in [0.1, 0.15) is 25.0 Å². The van der Waals surface area contributed by atoms with Gasteiger partial charge in [0.2, 0.25) is 0 Å². The number of halogens is 1. The lowest BCUT2D eigenvalue weighted by Crippen LogP contribution is -2.16. The molecule has 0 aromatic heterocycles. The van der Waals surface area contributed by atoms with Gasteiger partial charge in [0.1, 0.15) is 0 Å². The molecular weight excluding hydrogens is 226 g/mol. The molecule has 0 aliphatic carbocycles. The first kappa shape index (κ1) is 8.95. The molecule has 1 aromatic carbocycles. The molecule has 1 atom stereocenters. The zero-order valence-electron chi connectivity index (χ0n) is 7.84. The van der Waals surface area contributed by atoms with E-state index in [4.69, 9.17) is 0 Å². The average molecular weight is 238 g/mol. The average Bonchev–Trinajstić information content (AvgIpc) is 2.02. The van der Waals surface area contributed by atoms with Crippen molar-refractivity contribution >= 4 is 21.6 Å². The fourth-order valence-electron chi connectivity index (χ4n) is 1.85. The molecule has 13 heavy (non-hydrogen) atoms. The van der Waals surface area contributed by atoms with E-state index >= 15 is 0 Å². The molecule has 1 nitrogen and oxygen atoms in total. The highest BCUT2D eigenvalue weighted by molar-refractivity contribution is 9.10. The summed E-state index contributed by atoms with van der Waals surface area (Å²) in [5.41, 5.74) is 3.89. The molecule has 0 fully saturated rings. The van der Waals surface area contributed by atoms with Crippen LogP contribution in [0.15, 0.2) is 27.7 Å². The molecule has 1 aromatic rings. The van der Waals surface area contributed by atoms with Gasteiger partial charge in [-0.3, -0.25) is 4.99 Å². The van der Waals surface area contributed by atoms with Crippen molar-refractivity contribution in [1.29, 1.82) is 0 Å². The Morgan fingerprint density at radius 1 is 1.46 bits per heavy atom. The summed E-state index contributed by atoms with van der Waals surface area (Å²) in [5.74, 6) is 0. The lowest BCUT2D eigenvalue weighted by atomic mass is 9.95. The van der Waals surface area contributed by atoms with E-state index in [2.05, 4.69) is 53.0 Å². The minimum atomic E-state index is 0.432. The Hall–Kier alpha value is -0.630. The van der Waals surface area contributed by atoms with Crippen LogP contribution in [0.2, 0.25) is 0 Å². The molecule has 1 heterocycles. The van der Waals surface area contributed by atoms with Crippen LogP contribution in [0.5, 0.6) is 0 Å². The Balaban J connectivity index is 2.54. The van der Waals surface area contributed by atoms with Crippen molar-refractivity contribution in [2.75, 3.05) is 0 Å². The maximum absolute atomic E-state index is 4.56.